The van der Waals surface area contributed by atoms with Crippen molar-refractivity contribution in [1.29, 1.82) is 0 Å². The number of aromatic nitrogens is 3. The van der Waals surface area contributed by atoms with E-state index in [9.17, 15) is 0 Å². The first-order valence-electron chi connectivity index (χ1n) is 4.44. The molecule has 0 radical (unpaired) electrons. The zero-order valence-electron chi connectivity index (χ0n) is 8.17. The minimum absolute atomic E-state index is 0.0514. The van der Waals surface area contributed by atoms with Gasteiger partial charge in [-0.2, -0.15) is 0 Å². The van der Waals surface area contributed by atoms with Crippen LogP contribution in [-0.4, -0.2) is 14.6 Å². The quantitative estimate of drug-likeness (QED) is 0.618. The van der Waals surface area contributed by atoms with Gasteiger partial charge in [-0.1, -0.05) is 4.49 Å². The van der Waals surface area contributed by atoms with Crippen molar-refractivity contribution in [3.8, 4) is 0 Å². The lowest BCUT2D eigenvalue weighted by Gasteiger charge is -2.10. The monoisotopic (exact) mass is 241 g/mol. The molecule has 15 heavy (non-hydrogen) atoms. The molecule has 80 valence electrons. The summed E-state index contributed by atoms with van der Waals surface area (Å²) in [6.07, 6.45) is 2.51. The van der Waals surface area contributed by atoms with E-state index >= 15 is 0 Å². The van der Waals surface area contributed by atoms with E-state index in [1.807, 2.05) is 12.3 Å². The average molecular weight is 241 g/mol. The highest BCUT2D eigenvalue weighted by Gasteiger charge is 2.14. The second kappa shape index (κ2) is 4.75. The van der Waals surface area contributed by atoms with Gasteiger partial charge in [0.15, 0.2) is 0 Å². The Morgan fingerprint density at radius 3 is 3.00 bits per heavy atom. The summed E-state index contributed by atoms with van der Waals surface area (Å²) in [6.45, 7) is 1.99. The molecule has 5 nitrogen and oxygen atoms in total. The number of aryl methyl sites for hydroxylation is 1. The van der Waals surface area contributed by atoms with Crippen LogP contribution in [0.2, 0.25) is 0 Å². The highest BCUT2D eigenvalue weighted by atomic mass is 32.1. The summed E-state index contributed by atoms with van der Waals surface area (Å²) in [5.41, 5.74) is 3.81. The number of hydrogen-bond acceptors (Lipinski definition) is 7. The van der Waals surface area contributed by atoms with Crippen LogP contribution in [0.15, 0.2) is 11.6 Å². The number of nitrogens with zero attached hydrogens (tertiary/aromatic N) is 3. The van der Waals surface area contributed by atoms with Crippen molar-refractivity contribution in [3.63, 3.8) is 0 Å². The van der Waals surface area contributed by atoms with Crippen LogP contribution >= 0.6 is 22.9 Å². The minimum Gasteiger partial charge on any atom is -0.271 e. The van der Waals surface area contributed by atoms with Crippen LogP contribution in [0, 0.1) is 6.92 Å². The van der Waals surface area contributed by atoms with Crippen LogP contribution in [0.4, 0.5) is 0 Å². The molecule has 0 saturated carbocycles. The van der Waals surface area contributed by atoms with E-state index in [2.05, 4.69) is 20.0 Å². The fourth-order valence-electron chi connectivity index (χ4n) is 1.24. The van der Waals surface area contributed by atoms with Crippen LogP contribution in [0.5, 0.6) is 0 Å². The van der Waals surface area contributed by atoms with Gasteiger partial charge < -0.3 is 0 Å². The third kappa shape index (κ3) is 2.57. The van der Waals surface area contributed by atoms with Crippen LogP contribution in [0.25, 0.3) is 0 Å². The minimum atomic E-state index is 0.0514. The normalized spacial score (nSPS) is 12.9. The topological polar surface area (TPSA) is 76.7 Å². The van der Waals surface area contributed by atoms with Crippen LogP contribution in [-0.2, 0) is 6.42 Å². The molecule has 2 rings (SSSR count). The first-order valence-corrected chi connectivity index (χ1v) is 6.09. The summed E-state index contributed by atoms with van der Waals surface area (Å²) in [7, 11) is 0. The molecular formula is C8H11N5S2. The smallest absolute Gasteiger partial charge is 0.0947 e. The molecule has 0 amide bonds. The van der Waals surface area contributed by atoms with Crippen molar-refractivity contribution in [2.45, 2.75) is 19.4 Å². The molecule has 0 aromatic carbocycles. The summed E-state index contributed by atoms with van der Waals surface area (Å²) in [5, 5.41) is 6.90. The maximum Gasteiger partial charge on any atom is 0.0947 e. The molecule has 3 N–H and O–H groups in total. The summed E-state index contributed by atoms with van der Waals surface area (Å²) in [4.78, 5) is 5.43. The second-order valence-electron chi connectivity index (χ2n) is 3.13. The lowest BCUT2D eigenvalue weighted by Crippen LogP contribution is -2.28. The van der Waals surface area contributed by atoms with Gasteiger partial charge in [-0.3, -0.25) is 11.3 Å². The SMILES string of the molecule is Cc1csc(CC(NN)c2cnns2)n1. The lowest BCUT2D eigenvalue weighted by molar-refractivity contribution is 0.558. The zero-order valence-corrected chi connectivity index (χ0v) is 9.81. The summed E-state index contributed by atoms with van der Waals surface area (Å²) < 4.78 is 3.82. The molecule has 7 heteroatoms. The fourth-order valence-corrected chi connectivity index (χ4v) is 2.62. The first kappa shape index (κ1) is 10.6. The number of thiazole rings is 1. The number of hydrogen-bond donors (Lipinski definition) is 2. The predicted molar refractivity (Wildman–Crippen MR) is 60.5 cm³/mol. The molecule has 2 aromatic heterocycles. The predicted octanol–water partition coefficient (Wildman–Crippen LogP) is 1.05. The molecule has 0 aliphatic rings. The number of nitrogens with one attached hydrogen (secondary N) is 1. The van der Waals surface area contributed by atoms with Crippen LogP contribution in [0.1, 0.15) is 21.6 Å². The number of rotatable bonds is 4. The lowest BCUT2D eigenvalue weighted by atomic mass is 10.2. The van der Waals surface area contributed by atoms with Crippen molar-refractivity contribution in [2.24, 2.45) is 5.84 Å². The van der Waals surface area contributed by atoms with Crippen molar-refractivity contribution in [3.05, 3.63) is 27.2 Å². The summed E-state index contributed by atoms with van der Waals surface area (Å²) >= 11 is 3.00. The Morgan fingerprint density at radius 2 is 2.47 bits per heavy atom. The van der Waals surface area contributed by atoms with E-state index in [-0.39, 0.29) is 6.04 Å². The molecule has 0 saturated heterocycles. The largest absolute Gasteiger partial charge is 0.271 e. The standard InChI is InChI=1S/C8H11N5S2/c1-5-4-14-8(11-5)2-6(12-9)7-3-10-13-15-7/h3-4,6,12H,2,9H2,1H3. The van der Waals surface area contributed by atoms with Gasteiger partial charge in [-0.15, -0.1) is 16.4 Å². The van der Waals surface area contributed by atoms with E-state index in [1.54, 1.807) is 17.5 Å². The highest BCUT2D eigenvalue weighted by molar-refractivity contribution is 7.09. The Labute approximate surface area is 95.5 Å². The molecule has 2 aromatic rings. The fraction of sp³-hybridized carbons (Fsp3) is 0.375. The molecule has 0 spiro atoms. The van der Waals surface area contributed by atoms with E-state index in [0.29, 0.717) is 0 Å². The van der Waals surface area contributed by atoms with Crippen molar-refractivity contribution in [2.75, 3.05) is 0 Å². The molecule has 2 heterocycles. The molecule has 1 atom stereocenters. The second-order valence-corrected chi connectivity index (χ2v) is 4.89. The van der Waals surface area contributed by atoms with Gasteiger partial charge in [0, 0.05) is 17.5 Å². The molecule has 0 aliphatic carbocycles. The highest BCUT2D eigenvalue weighted by Crippen LogP contribution is 2.21. The average Bonchev–Trinajstić information content (AvgIpc) is 2.85. The van der Waals surface area contributed by atoms with E-state index in [1.165, 1.54) is 11.5 Å². The van der Waals surface area contributed by atoms with Gasteiger partial charge >= 0.3 is 0 Å². The van der Waals surface area contributed by atoms with Gasteiger partial charge in [0.2, 0.25) is 0 Å². The van der Waals surface area contributed by atoms with Crippen LogP contribution < -0.4 is 11.3 Å². The van der Waals surface area contributed by atoms with E-state index < -0.39 is 0 Å². The van der Waals surface area contributed by atoms with Gasteiger partial charge in [-0.05, 0) is 18.5 Å². The van der Waals surface area contributed by atoms with Gasteiger partial charge in [0.25, 0.3) is 0 Å². The first-order chi connectivity index (χ1) is 7.29. The maximum absolute atomic E-state index is 5.50. The maximum atomic E-state index is 5.50. The zero-order chi connectivity index (χ0) is 10.7. The number of nitrogens with two attached hydrogens (primary N) is 1. The van der Waals surface area contributed by atoms with Crippen molar-refractivity contribution in [1.82, 2.24) is 20.0 Å². The van der Waals surface area contributed by atoms with Gasteiger partial charge in [-0.25, -0.2) is 4.98 Å². The summed E-state index contributed by atoms with van der Waals surface area (Å²) in [5.74, 6) is 5.50. The van der Waals surface area contributed by atoms with Crippen molar-refractivity contribution >= 4 is 22.9 Å². The van der Waals surface area contributed by atoms with Crippen molar-refractivity contribution < 1.29 is 0 Å². The Morgan fingerprint density at radius 1 is 1.60 bits per heavy atom. The Balaban J connectivity index is 2.09. The van der Waals surface area contributed by atoms with E-state index in [0.717, 1.165) is 22.0 Å². The third-order valence-electron chi connectivity index (χ3n) is 1.97. The molecular weight excluding hydrogens is 230 g/mol. The van der Waals surface area contributed by atoms with Gasteiger partial charge in [0.05, 0.1) is 22.1 Å². The van der Waals surface area contributed by atoms with Gasteiger partial charge in [0.1, 0.15) is 0 Å². The number of hydrazine groups is 1. The third-order valence-corrected chi connectivity index (χ3v) is 3.73. The summed E-state index contributed by atoms with van der Waals surface area (Å²) in [6, 6.07) is 0.0514. The molecule has 0 aliphatic heterocycles. The molecule has 1 unspecified atom stereocenters. The Kier molecular flexibility index (Phi) is 3.37. The van der Waals surface area contributed by atoms with Crippen LogP contribution in [0.3, 0.4) is 0 Å². The Bertz CT molecular complexity index is 410. The molecule has 0 fully saturated rings. The Hall–Kier alpha value is -0.890. The molecule has 0 bridgehead atoms. The van der Waals surface area contributed by atoms with E-state index in [4.69, 9.17) is 5.84 Å².